The first kappa shape index (κ1) is 22.2. The Morgan fingerprint density at radius 3 is 2.06 bits per heavy atom. The molecule has 3 aromatic rings. The Balaban J connectivity index is 1.57. The number of Topliss-reactive ketones (excluding diaryl/α,β-unsaturated/α-hetero) is 2. The van der Waals surface area contributed by atoms with Gasteiger partial charge in [0.2, 0.25) is 29.0 Å². The molecule has 2 fully saturated rings. The molecule has 0 unspecified atom stereocenters. The van der Waals surface area contributed by atoms with Crippen LogP contribution in [0.5, 0.6) is 0 Å². The summed E-state index contributed by atoms with van der Waals surface area (Å²) >= 11 is 12.7. The monoisotopic (exact) mass is 505 g/mol. The fourth-order valence-corrected chi connectivity index (χ4v) is 5.90. The second kappa shape index (κ2) is 7.59. The Labute approximate surface area is 210 Å². The molecule has 0 radical (unpaired) electrons. The van der Waals surface area contributed by atoms with Gasteiger partial charge in [0.1, 0.15) is 0 Å². The van der Waals surface area contributed by atoms with Crippen molar-refractivity contribution in [1.29, 1.82) is 0 Å². The minimum absolute atomic E-state index is 0.138. The Morgan fingerprint density at radius 2 is 1.43 bits per heavy atom. The minimum atomic E-state index is -2.16. The molecule has 1 aliphatic carbocycles. The number of anilines is 1. The highest BCUT2D eigenvalue weighted by atomic mass is 35.5. The summed E-state index contributed by atoms with van der Waals surface area (Å²) in [6.07, 6.45) is -1.12. The van der Waals surface area contributed by atoms with E-state index in [2.05, 4.69) is 0 Å². The summed E-state index contributed by atoms with van der Waals surface area (Å²) in [5.41, 5.74) is -0.160. The van der Waals surface area contributed by atoms with Crippen molar-refractivity contribution in [3.05, 3.63) is 99.0 Å². The number of fused-ring (bicyclic) bond motifs is 3. The number of imide groups is 1. The molecular weight excluding hydrogens is 489 g/mol. The van der Waals surface area contributed by atoms with E-state index in [4.69, 9.17) is 27.9 Å². The predicted octanol–water partition coefficient (Wildman–Crippen LogP) is 5.00. The molecule has 35 heavy (non-hydrogen) atoms. The number of aryl methyl sites for hydroxylation is 1. The second-order valence-corrected chi connectivity index (χ2v) is 9.76. The number of hydrogen-bond acceptors (Lipinski definition) is 5. The van der Waals surface area contributed by atoms with Crippen LogP contribution in [0.1, 0.15) is 37.9 Å². The van der Waals surface area contributed by atoms with Crippen LogP contribution in [-0.2, 0) is 14.3 Å². The van der Waals surface area contributed by atoms with Crippen molar-refractivity contribution in [2.75, 3.05) is 4.90 Å². The number of nitrogens with zero attached hydrogens (tertiary/aromatic N) is 1. The molecule has 6 nitrogen and oxygen atoms in total. The van der Waals surface area contributed by atoms with Gasteiger partial charge >= 0.3 is 0 Å². The minimum Gasteiger partial charge on any atom is -0.349 e. The van der Waals surface area contributed by atoms with Crippen LogP contribution in [0.25, 0.3) is 0 Å². The van der Waals surface area contributed by atoms with Crippen molar-refractivity contribution in [3.8, 4) is 0 Å². The summed E-state index contributed by atoms with van der Waals surface area (Å²) in [5, 5.41) is 0.365. The van der Waals surface area contributed by atoms with Gasteiger partial charge in [0.05, 0.1) is 33.7 Å². The number of hydrogen-bond donors (Lipinski definition) is 0. The summed E-state index contributed by atoms with van der Waals surface area (Å²) in [7, 11) is 0. The number of rotatable bonds is 2. The zero-order valence-electron chi connectivity index (χ0n) is 18.3. The average Bonchev–Trinajstić information content (AvgIpc) is 3.42. The fourth-order valence-electron chi connectivity index (χ4n) is 5.49. The van der Waals surface area contributed by atoms with E-state index in [1.54, 1.807) is 54.6 Å². The van der Waals surface area contributed by atoms with Crippen LogP contribution in [0.2, 0.25) is 10.0 Å². The van der Waals surface area contributed by atoms with E-state index >= 15 is 0 Å². The lowest BCUT2D eigenvalue weighted by molar-refractivity contribution is -0.127. The van der Waals surface area contributed by atoms with Crippen LogP contribution in [0.15, 0.2) is 66.7 Å². The van der Waals surface area contributed by atoms with Crippen molar-refractivity contribution < 1.29 is 23.9 Å². The molecule has 1 spiro atoms. The topological polar surface area (TPSA) is 80.8 Å². The molecule has 0 saturated carbocycles. The van der Waals surface area contributed by atoms with Crippen molar-refractivity contribution in [3.63, 3.8) is 0 Å². The first-order valence-corrected chi connectivity index (χ1v) is 11.8. The van der Waals surface area contributed by atoms with Crippen molar-refractivity contribution >= 4 is 52.3 Å². The number of ketones is 2. The van der Waals surface area contributed by atoms with E-state index in [0.29, 0.717) is 11.3 Å². The van der Waals surface area contributed by atoms with Crippen molar-refractivity contribution in [2.45, 2.75) is 18.6 Å². The second-order valence-electron chi connectivity index (χ2n) is 8.97. The summed E-state index contributed by atoms with van der Waals surface area (Å²) in [5.74, 6) is -4.94. The van der Waals surface area contributed by atoms with E-state index in [9.17, 15) is 19.2 Å². The van der Waals surface area contributed by atoms with Gasteiger partial charge < -0.3 is 4.74 Å². The van der Waals surface area contributed by atoms with E-state index in [1.807, 2.05) is 6.92 Å². The van der Waals surface area contributed by atoms with Gasteiger partial charge in [-0.05, 0) is 25.1 Å². The molecule has 2 amide bonds. The molecule has 2 saturated heterocycles. The smallest absolute Gasteiger partial charge is 0.241 e. The van der Waals surface area contributed by atoms with Crippen LogP contribution < -0.4 is 4.90 Å². The van der Waals surface area contributed by atoms with Crippen LogP contribution in [0, 0.1) is 18.8 Å². The van der Waals surface area contributed by atoms with Crippen molar-refractivity contribution in [1.82, 2.24) is 0 Å². The molecule has 6 rings (SSSR count). The molecule has 0 aromatic heterocycles. The Bertz CT molecular complexity index is 1430. The standard InChI is InChI=1S/C27H17Cl2NO5/c1-13-9-11-14(12-10-13)30-25(33)19-20(26(30)34)27(23(31)15-5-2-3-6-16(15)24(27)32)35-22(19)17-7-4-8-18(28)21(17)29/h2-12,19-20,22H,1H3/t19-,20-,22+/m0/s1. The van der Waals surface area contributed by atoms with Gasteiger partial charge in [0, 0.05) is 16.7 Å². The quantitative estimate of drug-likeness (QED) is 0.361. The van der Waals surface area contributed by atoms with Gasteiger partial charge in [-0.15, -0.1) is 0 Å². The molecule has 3 atom stereocenters. The highest BCUT2D eigenvalue weighted by Crippen LogP contribution is 2.58. The van der Waals surface area contributed by atoms with E-state index in [1.165, 1.54) is 12.1 Å². The zero-order chi connectivity index (χ0) is 24.6. The van der Waals surface area contributed by atoms with E-state index < -0.39 is 46.9 Å². The number of ether oxygens (including phenoxy) is 1. The summed E-state index contributed by atoms with van der Waals surface area (Å²) < 4.78 is 6.24. The fraction of sp³-hybridized carbons (Fsp3) is 0.185. The number of halogens is 2. The SMILES string of the molecule is Cc1ccc(N2C(=O)[C@@H]3[C@@H](c4cccc(Cl)c4Cl)OC4(C(=O)c5ccccc5C4=O)[C@@H]3C2=O)cc1. The molecule has 0 bridgehead atoms. The highest BCUT2D eigenvalue weighted by molar-refractivity contribution is 6.42. The van der Waals surface area contributed by atoms with Gasteiger partial charge in [-0.3, -0.25) is 19.2 Å². The van der Waals surface area contributed by atoms with E-state index in [-0.39, 0.29) is 21.2 Å². The van der Waals surface area contributed by atoms with Gasteiger partial charge in [0.15, 0.2) is 0 Å². The van der Waals surface area contributed by atoms with Crippen LogP contribution in [-0.4, -0.2) is 29.0 Å². The largest absolute Gasteiger partial charge is 0.349 e. The molecular formula is C27H17Cl2NO5. The normalized spacial score (nSPS) is 24.4. The molecule has 174 valence electrons. The summed E-state index contributed by atoms with van der Waals surface area (Å²) in [4.78, 5) is 56.3. The van der Waals surface area contributed by atoms with Gasteiger partial charge in [0.25, 0.3) is 0 Å². The lowest BCUT2D eigenvalue weighted by Gasteiger charge is -2.27. The Morgan fingerprint density at radius 1 is 0.800 bits per heavy atom. The molecule has 0 N–H and O–H groups in total. The summed E-state index contributed by atoms with van der Waals surface area (Å²) in [6, 6.07) is 18.1. The maximum absolute atomic E-state index is 13.9. The van der Waals surface area contributed by atoms with Crippen LogP contribution in [0.4, 0.5) is 5.69 Å². The molecule has 3 aromatic carbocycles. The number of carbonyl (C=O) groups is 4. The lowest BCUT2D eigenvalue weighted by Crippen LogP contribution is -2.51. The summed E-state index contributed by atoms with van der Waals surface area (Å²) in [6.45, 7) is 1.89. The van der Waals surface area contributed by atoms with Crippen molar-refractivity contribution in [2.24, 2.45) is 11.8 Å². The Kier molecular flexibility index (Phi) is 4.81. The van der Waals surface area contributed by atoms with Gasteiger partial charge in [-0.25, -0.2) is 4.90 Å². The van der Waals surface area contributed by atoms with Gasteiger partial charge in [-0.2, -0.15) is 0 Å². The molecule has 8 heteroatoms. The zero-order valence-corrected chi connectivity index (χ0v) is 19.8. The third-order valence-electron chi connectivity index (χ3n) is 7.10. The Hall–Kier alpha value is -3.32. The predicted molar refractivity (Wildman–Crippen MR) is 129 cm³/mol. The van der Waals surface area contributed by atoms with Crippen LogP contribution >= 0.6 is 23.2 Å². The maximum Gasteiger partial charge on any atom is 0.241 e. The molecule has 2 heterocycles. The number of amides is 2. The first-order valence-electron chi connectivity index (χ1n) is 11.0. The van der Waals surface area contributed by atoms with E-state index in [0.717, 1.165) is 10.5 Å². The number of benzene rings is 3. The number of carbonyl (C=O) groups excluding carboxylic acids is 4. The third-order valence-corrected chi connectivity index (χ3v) is 7.93. The first-order chi connectivity index (χ1) is 16.8. The molecule has 3 aliphatic rings. The van der Waals surface area contributed by atoms with Gasteiger partial charge in [-0.1, -0.05) is 77.3 Å². The average molecular weight is 506 g/mol. The van der Waals surface area contributed by atoms with Crippen LogP contribution in [0.3, 0.4) is 0 Å². The maximum atomic E-state index is 13.9. The lowest BCUT2D eigenvalue weighted by atomic mass is 9.77. The molecule has 2 aliphatic heterocycles. The third kappa shape index (κ3) is 2.82. The highest BCUT2D eigenvalue weighted by Gasteiger charge is 2.74.